The van der Waals surface area contributed by atoms with E-state index >= 15 is 0 Å². The van der Waals surface area contributed by atoms with Crippen LogP contribution in [0.4, 0.5) is 0 Å². The molecular formula is C20H22N4. The van der Waals surface area contributed by atoms with Crippen molar-refractivity contribution in [3.8, 4) is 11.4 Å². The van der Waals surface area contributed by atoms with Gasteiger partial charge in [0.25, 0.3) is 0 Å². The lowest BCUT2D eigenvalue weighted by Gasteiger charge is -2.15. The van der Waals surface area contributed by atoms with Crippen molar-refractivity contribution in [2.45, 2.75) is 13.0 Å². The predicted octanol–water partition coefficient (Wildman–Crippen LogP) is 3.08. The topological polar surface area (TPSA) is 55.0 Å². The molecule has 0 amide bonds. The summed E-state index contributed by atoms with van der Waals surface area (Å²) in [6, 6.07) is 14.6. The zero-order valence-corrected chi connectivity index (χ0v) is 13.7. The van der Waals surface area contributed by atoms with Crippen molar-refractivity contribution in [1.82, 2.24) is 14.9 Å². The van der Waals surface area contributed by atoms with E-state index in [0.717, 1.165) is 43.1 Å². The molecule has 1 aliphatic heterocycles. The fraction of sp³-hybridized carbons (Fsp3) is 0.300. The summed E-state index contributed by atoms with van der Waals surface area (Å²) in [5, 5.41) is 2.41. The number of hydrogen-bond donors (Lipinski definition) is 1. The van der Waals surface area contributed by atoms with Gasteiger partial charge in [-0.1, -0.05) is 42.5 Å². The van der Waals surface area contributed by atoms with Gasteiger partial charge in [0.15, 0.2) is 5.82 Å². The third kappa shape index (κ3) is 3.03. The molecule has 3 aromatic rings. The quantitative estimate of drug-likeness (QED) is 0.803. The molecule has 0 bridgehead atoms. The number of nitrogens with two attached hydrogens (primary N) is 1. The van der Waals surface area contributed by atoms with Crippen LogP contribution in [-0.2, 0) is 6.54 Å². The Kier molecular flexibility index (Phi) is 4.24. The molecule has 0 saturated carbocycles. The molecule has 2 N–H and O–H groups in total. The van der Waals surface area contributed by atoms with Gasteiger partial charge in [-0.3, -0.25) is 4.90 Å². The molecule has 24 heavy (non-hydrogen) atoms. The maximum atomic E-state index is 5.77. The minimum Gasteiger partial charge on any atom is -0.330 e. The van der Waals surface area contributed by atoms with Crippen LogP contribution in [0, 0.1) is 5.92 Å². The van der Waals surface area contributed by atoms with Crippen LogP contribution in [0.15, 0.2) is 54.9 Å². The van der Waals surface area contributed by atoms with Gasteiger partial charge in [0, 0.05) is 36.6 Å². The lowest BCUT2D eigenvalue weighted by atomic mass is 10.0. The summed E-state index contributed by atoms with van der Waals surface area (Å²) < 4.78 is 0. The van der Waals surface area contributed by atoms with E-state index in [1.165, 1.54) is 17.2 Å². The second kappa shape index (κ2) is 6.67. The highest BCUT2D eigenvalue weighted by atomic mass is 15.1. The van der Waals surface area contributed by atoms with Crippen LogP contribution in [0.3, 0.4) is 0 Å². The minimum atomic E-state index is 0.640. The molecule has 1 atom stereocenters. The Hall–Kier alpha value is -2.30. The van der Waals surface area contributed by atoms with E-state index in [4.69, 9.17) is 5.73 Å². The van der Waals surface area contributed by atoms with Crippen LogP contribution < -0.4 is 5.73 Å². The van der Waals surface area contributed by atoms with E-state index in [2.05, 4.69) is 57.3 Å². The highest BCUT2D eigenvalue weighted by molar-refractivity contribution is 5.94. The van der Waals surface area contributed by atoms with Gasteiger partial charge >= 0.3 is 0 Å². The fourth-order valence-corrected chi connectivity index (χ4v) is 3.50. The number of fused-ring (bicyclic) bond motifs is 1. The van der Waals surface area contributed by atoms with E-state index in [-0.39, 0.29) is 0 Å². The molecule has 1 aliphatic rings. The molecule has 2 heterocycles. The molecule has 4 nitrogen and oxygen atoms in total. The molecule has 0 aliphatic carbocycles. The summed E-state index contributed by atoms with van der Waals surface area (Å²) in [6.45, 7) is 3.90. The molecule has 1 saturated heterocycles. The Morgan fingerprint density at radius 2 is 1.83 bits per heavy atom. The molecule has 2 aromatic carbocycles. The Bertz CT molecular complexity index is 823. The largest absolute Gasteiger partial charge is 0.330 e. The van der Waals surface area contributed by atoms with Crippen molar-refractivity contribution in [1.29, 1.82) is 0 Å². The van der Waals surface area contributed by atoms with E-state index in [9.17, 15) is 0 Å². The molecule has 122 valence electrons. The van der Waals surface area contributed by atoms with Gasteiger partial charge < -0.3 is 5.73 Å². The highest BCUT2D eigenvalue weighted by Gasteiger charge is 2.21. The third-order valence-electron chi connectivity index (χ3n) is 4.85. The maximum Gasteiger partial charge on any atom is 0.159 e. The highest BCUT2D eigenvalue weighted by Crippen LogP contribution is 2.26. The Balaban J connectivity index is 1.55. The average Bonchev–Trinajstić information content (AvgIpc) is 3.09. The zero-order chi connectivity index (χ0) is 16.4. The fourth-order valence-electron chi connectivity index (χ4n) is 3.50. The molecular weight excluding hydrogens is 296 g/mol. The molecule has 4 heteroatoms. The Morgan fingerprint density at radius 3 is 2.62 bits per heavy atom. The first kappa shape index (κ1) is 15.2. The summed E-state index contributed by atoms with van der Waals surface area (Å²) in [4.78, 5) is 11.7. The van der Waals surface area contributed by atoms with E-state index in [1.807, 2.05) is 12.4 Å². The van der Waals surface area contributed by atoms with Crippen molar-refractivity contribution in [3.05, 3.63) is 60.4 Å². The van der Waals surface area contributed by atoms with E-state index in [0.29, 0.717) is 5.92 Å². The van der Waals surface area contributed by atoms with E-state index in [1.54, 1.807) is 0 Å². The van der Waals surface area contributed by atoms with Gasteiger partial charge in [0.05, 0.1) is 0 Å². The molecule has 0 spiro atoms. The number of likely N-dealkylation sites (tertiary alicyclic amines) is 1. The number of rotatable bonds is 4. The smallest absolute Gasteiger partial charge is 0.159 e. The van der Waals surface area contributed by atoms with Gasteiger partial charge in [-0.15, -0.1) is 0 Å². The van der Waals surface area contributed by atoms with Gasteiger partial charge in [-0.05, 0) is 36.2 Å². The summed E-state index contributed by atoms with van der Waals surface area (Å²) >= 11 is 0. The molecule has 0 unspecified atom stereocenters. The van der Waals surface area contributed by atoms with Crippen LogP contribution >= 0.6 is 0 Å². The van der Waals surface area contributed by atoms with Gasteiger partial charge in [-0.25, -0.2) is 9.97 Å². The van der Waals surface area contributed by atoms with Gasteiger partial charge in [-0.2, -0.15) is 0 Å². The second-order valence-electron chi connectivity index (χ2n) is 6.57. The number of nitrogens with zero attached hydrogens (tertiary/aromatic N) is 3. The minimum absolute atomic E-state index is 0.640. The van der Waals surface area contributed by atoms with Crippen molar-refractivity contribution < 1.29 is 0 Å². The second-order valence-corrected chi connectivity index (χ2v) is 6.57. The number of aromatic nitrogens is 2. The van der Waals surface area contributed by atoms with Crippen molar-refractivity contribution in [2.24, 2.45) is 11.7 Å². The van der Waals surface area contributed by atoms with E-state index < -0.39 is 0 Å². The Labute approximate surface area is 142 Å². The number of hydrogen-bond acceptors (Lipinski definition) is 4. The first-order valence-corrected chi connectivity index (χ1v) is 8.55. The monoisotopic (exact) mass is 318 g/mol. The van der Waals surface area contributed by atoms with Crippen LogP contribution in [0.1, 0.15) is 12.0 Å². The number of benzene rings is 2. The summed E-state index contributed by atoms with van der Waals surface area (Å²) in [5.74, 6) is 1.43. The van der Waals surface area contributed by atoms with Crippen molar-refractivity contribution in [2.75, 3.05) is 19.6 Å². The van der Waals surface area contributed by atoms with Crippen molar-refractivity contribution in [3.63, 3.8) is 0 Å². The molecule has 4 rings (SSSR count). The predicted molar refractivity (Wildman–Crippen MR) is 97.4 cm³/mol. The third-order valence-corrected chi connectivity index (χ3v) is 4.85. The first-order valence-electron chi connectivity index (χ1n) is 8.55. The summed E-state index contributed by atoms with van der Waals surface area (Å²) in [6.07, 6.45) is 5.12. The SMILES string of the molecule is NC[C@@H]1CCN(Cc2cnc(-c3cccc4ccccc34)nc2)C1. The lowest BCUT2D eigenvalue weighted by Crippen LogP contribution is -2.22. The van der Waals surface area contributed by atoms with Gasteiger partial charge in [0.1, 0.15) is 0 Å². The molecule has 1 fully saturated rings. The summed E-state index contributed by atoms with van der Waals surface area (Å²) in [7, 11) is 0. The van der Waals surface area contributed by atoms with Crippen LogP contribution in [0.25, 0.3) is 22.2 Å². The average molecular weight is 318 g/mol. The maximum absolute atomic E-state index is 5.77. The lowest BCUT2D eigenvalue weighted by molar-refractivity contribution is 0.317. The van der Waals surface area contributed by atoms with Crippen LogP contribution in [0.2, 0.25) is 0 Å². The van der Waals surface area contributed by atoms with Crippen LogP contribution in [0.5, 0.6) is 0 Å². The van der Waals surface area contributed by atoms with Crippen molar-refractivity contribution >= 4 is 10.8 Å². The molecule has 0 radical (unpaired) electrons. The normalized spacial score (nSPS) is 18.3. The van der Waals surface area contributed by atoms with Crippen LogP contribution in [-0.4, -0.2) is 34.5 Å². The first-order chi connectivity index (χ1) is 11.8. The van der Waals surface area contributed by atoms with Gasteiger partial charge in [0.2, 0.25) is 0 Å². The standard InChI is InChI=1S/C20H22N4/c21-10-15-8-9-24(13-15)14-16-11-22-20(23-12-16)19-7-3-5-17-4-1-2-6-18(17)19/h1-7,11-12,15H,8-10,13-14,21H2/t15-/m0/s1. The zero-order valence-electron chi connectivity index (χ0n) is 13.7. The summed E-state index contributed by atoms with van der Waals surface area (Å²) in [5.41, 5.74) is 8.02. The molecule has 1 aromatic heterocycles. The Morgan fingerprint density at radius 1 is 1.04 bits per heavy atom.